The van der Waals surface area contributed by atoms with Crippen molar-refractivity contribution in [2.24, 2.45) is 0 Å². The molecule has 8 heteroatoms. The Hall–Kier alpha value is -2.19. The predicted octanol–water partition coefficient (Wildman–Crippen LogP) is 4.26. The second-order valence-corrected chi connectivity index (χ2v) is 6.41. The molecule has 0 unspecified atom stereocenters. The smallest absolute Gasteiger partial charge is 0.406 e. The normalized spacial score (nSPS) is 15.2. The van der Waals surface area contributed by atoms with E-state index in [4.69, 9.17) is 4.84 Å². The molecular weight excluding hydrogens is 355 g/mol. The highest BCUT2D eigenvalue weighted by atomic mass is 32.2. The number of carbonyl (C=O) groups excluding carboxylic acids is 1. The minimum absolute atomic E-state index is 0.190. The minimum atomic E-state index is -4.74. The summed E-state index contributed by atoms with van der Waals surface area (Å²) in [5.41, 5.74) is 1.03. The summed E-state index contributed by atoms with van der Waals surface area (Å²) in [5.74, 6) is -0.144. The molecule has 0 atom stereocenters. The van der Waals surface area contributed by atoms with E-state index in [0.29, 0.717) is 23.4 Å². The molecule has 0 radical (unpaired) electrons. The van der Waals surface area contributed by atoms with E-state index < -0.39 is 12.3 Å². The highest BCUT2D eigenvalue weighted by Gasteiger charge is 2.31. The fraction of sp³-hybridized carbons (Fsp3) is 0.235. The third-order valence-corrected chi connectivity index (χ3v) is 4.53. The van der Waals surface area contributed by atoms with E-state index >= 15 is 0 Å². The second-order valence-electron chi connectivity index (χ2n) is 5.27. The molecule has 4 nitrogen and oxygen atoms in total. The molecule has 0 bridgehead atoms. The maximum absolute atomic E-state index is 12.4. The monoisotopic (exact) mass is 369 g/mol. The number of hydrogen-bond donors (Lipinski definition) is 0. The van der Waals surface area contributed by atoms with Gasteiger partial charge in [0, 0.05) is 17.2 Å². The van der Waals surface area contributed by atoms with Crippen LogP contribution in [0.15, 0.2) is 53.4 Å². The largest absolute Gasteiger partial charge is 0.573 e. The summed E-state index contributed by atoms with van der Waals surface area (Å²) in [6.45, 7) is 0.656. The molecule has 2 aromatic rings. The van der Waals surface area contributed by atoms with Crippen molar-refractivity contribution in [2.45, 2.75) is 17.8 Å². The Morgan fingerprint density at radius 2 is 1.88 bits per heavy atom. The number of fused-ring (bicyclic) bond motifs is 1. The molecule has 0 aromatic heterocycles. The first-order valence-electron chi connectivity index (χ1n) is 7.44. The van der Waals surface area contributed by atoms with Crippen LogP contribution in [0.25, 0.3) is 0 Å². The fourth-order valence-corrected chi connectivity index (χ4v) is 3.35. The van der Waals surface area contributed by atoms with Crippen LogP contribution in [0.3, 0.4) is 0 Å². The zero-order valence-electron chi connectivity index (χ0n) is 13.0. The van der Waals surface area contributed by atoms with Gasteiger partial charge in [-0.1, -0.05) is 18.2 Å². The number of rotatable bonds is 3. The number of carbonyl (C=O) groups is 1. The van der Waals surface area contributed by atoms with Gasteiger partial charge in [0.25, 0.3) is 0 Å². The topological polar surface area (TPSA) is 38.8 Å². The van der Waals surface area contributed by atoms with Crippen LogP contribution in [0.1, 0.15) is 15.9 Å². The summed E-state index contributed by atoms with van der Waals surface area (Å²) < 4.78 is 41.1. The molecule has 1 aliphatic heterocycles. The quantitative estimate of drug-likeness (QED) is 0.808. The maximum Gasteiger partial charge on any atom is 0.573 e. The number of benzene rings is 2. The van der Waals surface area contributed by atoms with Crippen LogP contribution in [-0.4, -0.2) is 29.7 Å². The van der Waals surface area contributed by atoms with Gasteiger partial charge in [0.05, 0.1) is 12.1 Å². The molecule has 1 heterocycles. The molecule has 1 aliphatic rings. The third kappa shape index (κ3) is 4.90. The first-order chi connectivity index (χ1) is 11.9. The van der Waals surface area contributed by atoms with Gasteiger partial charge in [-0.25, -0.2) is 4.79 Å². The van der Waals surface area contributed by atoms with Crippen LogP contribution >= 0.6 is 11.8 Å². The van der Waals surface area contributed by atoms with E-state index in [1.807, 2.05) is 0 Å². The molecule has 0 N–H and O–H groups in total. The van der Waals surface area contributed by atoms with E-state index in [9.17, 15) is 18.0 Å². The number of halogens is 3. The van der Waals surface area contributed by atoms with Crippen LogP contribution in [0.5, 0.6) is 5.75 Å². The number of alkyl halides is 3. The lowest BCUT2D eigenvalue weighted by Gasteiger charge is -2.19. The van der Waals surface area contributed by atoms with Gasteiger partial charge in [0.2, 0.25) is 0 Å². The Kier molecular flexibility index (Phi) is 5.19. The Morgan fingerprint density at radius 3 is 2.60 bits per heavy atom. The molecule has 0 amide bonds. The zero-order valence-corrected chi connectivity index (χ0v) is 13.8. The van der Waals surface area contributed by atoms with Gasteiger partial charge in [-0.2, -0.15) is 0 Å². The molecule has 0 saturated carbocycles. The summed E-state index contributed by atoms with van der Waals surface area (Å²) in [6, 6.07) is 12.7. The summed E-state index contributed by atoms with van der Waals surface area (Å²) in [5, 5.41) is 1.45. The number of nitrogens with zero attached hydrogens (tertiary/aromatic N) is 1. The van der Waals surface area contributed by atoms with Crippen molar-refractivity contribution >= 4 is 17.7 Å². The Morgan fingerprint density at radius 1 is 1.12 bits per heavy atom. The number of hydroxylamine groups is 2. The van der Waals surface area contributed by atoms with E-state index in [-0.39, 0.29) is 12.3 Å². The summed E-state index contributed by atoms with van der Waals surface area (Å²) in [6.07, 6.45) is -4.74. The van der Waals surface area contributed by atoms with Crippen molar-refractivity contribution in [3.05, 3.63) is 59.7 Å². The van der Waals surface area contributed by atoms with Crippen molar-refractivity contribution < 1.29 is 27.5 Å². The fourth-order valence-electron chi connectivity index (χ4n) is 2.37. The predicted molar refractivity (Wildman–Crippen MR) is 86.1 cm³/mol. The minimum Gasteiger partial charge on any atom is -0.406 e. The number of ether oxygens (including phenoxy) is 1. The summed E-state index contributed by atoms with van der Waals surface area (Å²) in [4.78, 5) is 18.4. The van der Waals surface area contributed by atoms with E-state index in [1.54, 1.807) is 36.4 Å². The average Bonchev–Trinajstić information content (AvgIpc) is 2.75. The van der Waals surface area contributed by atoms with E-state index in [1.165, 1.54) is 29.0 Å². The second kappa shape index (κ2) is 7.37. The van der Waals surface area contributed by atoms with Gasteiger partial charge in [-0.3, -0.25) is 0 Å². The Labute approximate surface area is 146 Å². The molecule has 0 saturated heterocycles. The molecule has 3 rings (SSSR count). The highest BCUT2D eigenvalue weighted by Crippen LogP contribution is 2.32. The number of hydrogen-bond acceptors (Lipinski definition) is 5. The van der Waals surface area contributed by atoms with Crippen LogP contribution < -0.4 is 4.74 Å². The lowest BCUT2D eigenvalue weighted by atomic mass is 10.2. The van der Waals surface area contributed by atoms with Gasteiger partial charge in [0.15, 0.2) is 0 Å². The molecule has 0 spiro atoms. The Bertz CT molecular complexity index is 753. The molecule has 25 heavy (non-hydrogen) atoms. The van der Waals surface area contributed by atoms with Crippen molar-refractivity contribution in [1.29, 1.82) is 0 Å². The average molecular weight is 369 g/mol. The molecule has 132 valence electrons. The summed E-state index contributed by atoms with van der Waals surface area (Å²) >= 11 is 1.49. The van der Waals surface area contributed by atoms with Crippen molar-refractivity contribution in [1.82, 2.24) is 5.06 Å². The number of thioether (sulfide) groups is 1. The van der Waals surface area contributed by atoms with E-state index in [0.717, 1.165) is 4.90 Å². The first kappa shape index (κ1) is 17.6. The molecule has 2 aromatic carbocycles. The lowest BCUT2D eigenvalue weighted by molar-refractivity contribution is -0.274. The third-order valence-electron chi connectivity index (χ3n) is 3.43. The standard InChI is InChI=1S/C17H14F3NO3S/c18-17(19,20)23-14-6-7-15-13(10-14)11-21(8-9-25-15)24-16(22)12-4-2-1-3-5-12/h1-7,10H,8-9,11H2. The first-order valence-corrected chi connectivity index (χ1v) is 8.43. The van der Waals surface area contributed by atoms with Crippen LogP contribution in [0.2, 0.25) is 0 Å². The van der Waals surface area contributed by atoms with Crippen LogP contribution in [0.4, 0.5) is 13.2 Å². The van der Waals surface area contributed by atoms with Gasteiger partial charge < -0.3 is 9.57 Å². The lowest BCUT2D eigenvalue weighted by Crippen LogP contribution is -2.28. The van der Waals surface area contributed by atoms with Gasteiger partial charge >= 0.3 is 12.3 Å². The van der Waals surface area contributed by atoms with Gasteiger partial charge in [0.1, 0.15) is 5.75 Å². The molecule has 0 aliphatic carbocycles. The van der Waals surface area contributed by atoms with E-state index in [2.05, 4.69) is 4.74 Å². The highest BCUT2D eigenvalue weighted by molar-refractivity contribution is 7.99. The van der Waals surface area contributed by atoms with Crippen molar-refractivity contribution in [3.8, 4) is 5.75 Å². The molecule has 0 fully saturated rings. The Balaban J connectivity index is 1.73. The summed E-state index contributed by atoms with van der Waals surface area (Å²) in [7, 11) is 0. The molecular formula is C17H14F3NO3S. The van der Waals surface area contributed by atoms with Gasteiger partial charge in [-0.15, -0.1) is 30.0 Å². The van der Waals surface area contributed by atoms with Crippen molar-refractivity contribution in [2.75, 3.05) is 12.3 Å². The van der Waals surface area contributed by atoms with Crippen LogP contribution in [-0.2, 0) is 11.4 Å². The zero-order chi connectivity index (χ0) is 17.9. The maximum atomic E-state index is 12.4. The van der Waals surface area contributed by atoms with Gasteiger partial charge in [-0.05, 0) is 35.9 Å². The van der Waals surface area contributed by atoms with Crippen LogP contribution in [0, 0.1) is 0 Å². The SMILES string of the molecule is O=C(ON1CCSc2ccc(OC(F)(F)F)cc2C1)c1ccccc1. The van der Waals surface area contributed by atoms with Crippen molar-refractivity contribution in [3.63, 3.8) is 0 Å².